The van der Waals surface area contributed by atoms with E-state index in [1.165, 1.54) is 6.20 Å². The van der Waals surface area contributed by atoms with Gasteiger partial charge in [-0.2, -0.15) is 4.39 Å². The molecular formula is C13H12FNO. The van der Waals surface area contributed by atoms with E-state index in [-0.39, 0.29) is 0 Å². The van der Waals surface area contributed by atoms with E-state index < -0.39 is 5.95 Å². The first-order valence-corrected chi connectivity index (χ1v) is 4.97. The Morgan fingerprint density at radius 3 is 2.69 bits per heavy atom. The molecule has 1 heterocycles. The van der Waals surface area contributed by atoms with Crippen LogP contribution in [0.1, 0.15) is 5.56 Å². The molecule has 0 saturated carbocycles. The van der Waals surface area contributed by atoms with E-state index in [4.69, 9.17) is 4.74 Å². The number of halogens is 1. The molecule has 0 fully saturated rings. The molecule has 0 unspecified atom stereocenters. The second-order valence-corrected chi connectivity index (χ2v) is 3.56. The van der Waals surface area contributed by atoms with Crippen molar-refractivity contribution in [3.8, 4) is 16.9 Å². The monoisotopic (exact) mass is 217 g/mol. The van der Waals surface area contributed by atoms with Crippen LogP contribution in [-0.2, 0) is 0 Å². The number of hydrogen-bond donors (Lipinski definition) is 0. The van der Waals surface area contributed by atoms with Crippen molar-refractivity contribution in [2.24, 2.45) is 0 Å². The Morgan fingerprint density at radius 1 is 1.19 bits per heavy atom. The first-order chi connectivity index (χ1) is 7.70. The summed E-state index contributed by atoms with van der Waals surface area (Å²) < 4.78 is 18.2. The van der Waals surface area contributed by atoms with Crippen LogP contribution in [0.25, 0.3) is 11.1 Å². The molecule has 0 radical (unpaired) electrons. The molecule has 0 aliphatic carbocycles. The Balaban J connectivity index is 2.46. The lowest BCUT2D eigenvalue weighted by atomic mass is 10.1. The molecule has 2 aromatic rings. The van der Waals surface area contributed by atoms with Crippen LogP contribution in [0.5, 0.6) is 5.75 Å². The smallest absolute Gasteiger partial charge is 0.215 e. The third-order valence-corrected chi connectivity index (χ3v) is 2.42. The van der Waals surface area contributed by atoms with Gasteiger partial charge in [-0.1, -0.05) is 12.1 Å². The lowest BCUT2D eigenvalue weighted by Crippen LogP contribution is -1.90. The molecule has 2 rings (SSSR count). The highest BCUT2D eigenvalue weighted by molar-refractivity contribution is 5.64. The first kappa shape index (κ1) is 10.6. The summed E-state index contributed by atoms with van der Waals surface area (Å²) >= 11 is 0. The molecule has 0 bridgehead atoms. The number of nitrogens with zero attached hydrogens (tertiary/aromatic N) is 1. The van der Waals surface area contributed by atoms with E-state index >= 15 is 0 Å². The highest BCUT2D eigenvalue weighted by Crippen LogP contribution is 2.24. The maximum Gasteiger partial charge on any atom is 0.215 e. The van der Waals surface area contributed by atoms with Gasteiger partial charge in [0, 0.05) is 17.3 Å². The molecule has 1 aromatic heterocycles. The summed E-state index contributed by atoms with van der Waals surface area (Å²) in [6, 6.07) is 9.38. The predicted molar refractivity (Wildman–Crippen MR) is 60.9 cm³/mol. The van der Waals surface area contributed by atoms with Crippen molar-refractivity contribution in [1.82, 2.24) is 4.98 Å². The Bertz CT molecular complexity index is 511. The number of rotatable bonds is 2. The second-order valence-electron chi connectivity index (χ2n) is 3.56. The third-order valence-electron chi connectivity index (χ3n) is 2.42. The van der Waals surface area contributed by atoms with E-state index in [1.807, 2.05) is 24.3 Å². The molecule has 16 heavy (non-hydrogen) atoms. The van der Waals surface area contributed by atoms with E-state index in [0.29, 0.717) is 5.56 Å². The zero-order chi connectivity index (χ0) is 11.5. The summed E-state index contributed by atoms with van der Waals surface area (Å²) in [5.41, 5.74) is 2.40. The summed E-state index contributed by atoms with van der Waals surface area (Å²) in [6.07, 6.45) is 1.52. The number of aromatic nitrogens is 1. The fourth-order valence-electron chi connectivity index (χ4n) is 1.52. The Labute approximate surface area is 93.7 Å². The number of aryl methyl sites for hydroxylation is 1. The van der Waals surface area contributed by atoms with Crippen molar-refractivity contribution in [2.75, 3.05) is 7.11 Å². The lowest BCUT2D eigenvalue weighted by Gasteiger charge is -2.05. The van der Waals surface area contributed by atoms with Gasteiger partial charge < -0.3 is 4.74 Å². The SMILES string of the molecule is COc1cccc(-c2cnc(F)c(C)c2)c1. The molecule has 0 aliphatic rings. The lowest BCUT2D eigenvalue weighted by molar-refractivity contribution is 0.415. The molecule has 0 aliphatic heterocycles. The highest BCUT2D eigenvalue weighted by atomic mass is 19.1. The molecule has 0 amide bonds. The molecular weight excluding hydrogens is 205 g/mol. The van der Waals surface area contributed by atoms with Crippen molar-refractivity contribution in [1.29, 1.82) is 0 Å². The van der Waals surface area contributed by atoms with E-state index in [2.05, 4.69) is 4.98 Å². The molecule has 0 spiro atoms. The molecule has 82 valence electrons. The average molecular weight is 217 g/mol. The highest BCUT2D eigenvalue weighted by Gasteiger charge is 2.03. The van der Waals surface area contributed by atoms with Crippen LogP contribution in [0.4, 0.5) is 4.39 Å². The van der Waals surface area contributed by atoms with Crippen LogP contribution in [-0.4, -0.2) is 12.1 Å². The molecule has 1 aromatic carbocycles. The minimum atomic E-state index is -0.424. The van der Waals surface area contributed by atoms with Gasteiger partial charge in [0.1, 0.15) is 5.75 Å². The number of ether oxygens (including phenoxy) is 1. The van der Waals surface area contributed by atoms with Crippen molar-refractivity contribution in [3.05, 3.63) is 48.0 Å². The molecule has 0 saturated heterocycles. The molecule has 0 N–H and O–H groups in total. The second kappa shape index (κ2) is 4.31. The molecule has 2 nitrogen and oxygen atoms in total. The predicted octanol–water partition coefficient (Wildman–Crippen LogP) is 3.20. The third kappa shape index (κ3) is 2.03. The summed E-state index contributed by atoms with van der Waals surface area (Å²) in [5, 5.41) is 0. The van der Waals surface area contributed by atoms with Crippen LogP contribution in [0.3, 0.4) is 0 Å². The van der Waals surface area contributed by atoms with Crippen LogP contribution in [0.2, 0.25) is 0 Å². The number of benzene rings is 1. The van der Waals surface area contributed by atoms with Crippen LogP contribution >= 0.6 is 0 Å². The maximum absolute atomic E-state index is 13.0. The Hall–Kier alpha value is -1.90. The quantitative estimate of drug-likeness (QED) is 0.720. The van der Waals surface area contributed by atoms with Crippen molar-refractivity contribution < 1.29 is 9.13 Å². The van der Waals surface area contributed by atoms with Gasteiger partial charge in [-0.3, -0.25) is 0 Å². The Morgan fingerprint density at radius 2 is 2.00 bits per heavy atom. The van der Waals surface area contributed by atoms with Gasteiger partial charge in [0.25, 0.3) is 0 Å². The molecule has 0 atom stereocenters. The summed E-state index contributed by atoms with van der Waals surface area (Å²) in [7, 11) is 1.62. The summed E-state index contributed by atoms with van der Waals surface area (Å²) in [5.74, 6) is 0.353. The zero-order valence-electron chi connectivity index (χ0n) is 9.20. The van der Waals surface area contributed by atoms with E-state index in [1.54, 1.807) is 20.1 Å². The average Bonchev–Trinajstić information content (AvgIpc) is 2.33. The van der Waals surface area contributed by atoms with Crippen molar-refractivity contribution >= 4 is 0 Å². The maximum atomic E-state index is 13.0. The van der Waals surface area contributed by atoms with Gasteiger partial charge in [0.15, 0.2) is 0 Å². The van der Waals surface area contributed by atoms with Gasteiger partial charge in [-0.15, -0.1) is 0 Å². The van der Waals surface area contributed by atoms with Gasteiger partial charge >= 0.3 is 0 Å². The fraction of sp³-hybridized carbons (Fsp3) is 0.154. The normalized spacial score (nSPS) is 10.2. The molecule has 3 heteroatoms. The zero-order valence-corrected chi connectivity index (χ0v) is 9.20. The van der Waals surface area contributed by atoms with Gasteiger partial charge in [-0.25, -0.2) is 4.98 Å². The first-order valence-electron chi connectivity index (χ1n) is 4.97. The minimum Gasteiger partial charge on any atom is -0.497 e. The largest absolute Gasteiger partial charge is 0.497 e. The number of methoxy groups -OCH3 is 1. The Kier molecular flexibility index (Phi) is 2.86. The van der Waals surface area contributed by atoms with Crippen molar-refractivity contribution in [2.45, 2.75) is 6.92 Å². The summed E-state index contributed by atoms with van der Waals surface area (Å²) in [6.45, 7) is 1.70. The van der Waals surface area contributed by atoms with Crippen LogP contribution < -0.4 is 4.74 Å². The van der Waals surface area contributed by atoms with E-state index in [9.17, 15) is 4.39 Å². The van der Waals surface area contributed by atoms with Crippen molar-refractivity contribution in [3.63, 3.8) is 0 Å². The fourth-order valence-corrected chi connectivity index (χ4v) is 1.52. The number of pyridine rings is 1. The topological polar surface area (TPSA) is 22.1 Å². The minimum absolute atomic E-state index is 0.424. The van der Waals surface area contributed by atoms with E-state index in [0.717, 1.165) is 16.9 Å². The van der Waals surface area contributed by atoms with Crippen LogP contribution in [0, 0.1) is 12.9 Å². The summed E-state index contributed by atoms with van der Waals surface area (Å²) in [4.78, 5) is 3.70. The van der Waals surface area contributed by atoms with Gasteiger partial charge in [0.2, 0.25) is 5.95 Å². The van der Waals surface area contributed by atoms with Gasteiger partial charge in [0.05, 0.1) is 7.11 Å². The number of hydrogen-bond acceptors (Lipinski definition) is 2. The standard InChI is InChI=1S/C13H12FNO/c1-9-6-11(8-15-13(9)14)10-4-3-5-12(7-10)16-2/h3-8H,1-2H3. The van der Waals surface area contributed by atoms with Gasteiger partial charge in [-0.05, 0) is 30.7 Å². The van der Waals surface area contributed by atoms with Crippen LogP contribution in [0.15, 0.2) is 36.5 Å².